The van der Waals surface area contributed by atoms with Crippen molar-refractivity contribution in [1.82, 2.24) is 5.32 Å². The maximum Gasteiger partial charge on any atom is 0.0320 e. The van der Waals surface area contributed by atoms with Gasteiger partial charge in [0, 0.05) is 11.2 Å². The monoisotopic (exact) mass is 125 g/mol. The van der Waals surface area contributed by atoms with Crippen molar-refractivity contribution in [2.45, 2.75) is 32.7 Å². The first-order valence-electron chi connectivity index (χ1n) is 3.48. The molecule has 1 rings (SSSR count). The third-order valence-electron chi connectivity index (χ3n) is 1.91. The summed E-state index contributed by atoms with van der Waals surface area (Å²) in [6.07, 6.45) is 1.21. The van der Waals surface area contributed by atoms with E-state index in [9.17, 15) is 0 Å². The third-order valence-corrected chi connectivity index (χ3v) is 1.91. The van der Waals surface area contributed by atoms with Gasteiger partial charge in [-0.3, -0.25) is 0 Å². The first-order chi connectivity index (χ1) is 4.01. The minimum atomic E-state index is 0.288. The van der Waals surface area contributed by atoms with E-state index in [0.717, 1.165) is 0 Å². The van der Waals surface area contributed by atoms with E-state index < -0.39 is 0 Å². The van der Waals surface area contributed by atoms with Crippen LogP contribution in [0.5, 0.6) is 0 Å². The first kappa shape index (κ1) is 6.66. The smallest absolute Gasteiger partial charge is 0.0320 e. The van der Waals surface area contributed by atoms with E-state index in [1.165, 1.54) is 12.1 Å². The van der Waals surface area contributed by atoms with E-state index in [1.807, 2.05) is 0 Å². The molecular formula is C8H15N. The van der Waals surface area contributed by atoms with Crippen LogP contribution in [0.3, 0.4) is 0 Å². The average molecular weight is 125 g/mol. The molecule has 0 aromatic rings. The topological polar surface area (TPSA) is 12.0 Å². The van der Waals surface area contributed by atoms with Gasteiger partial charge in [-0.2, -0.15) is 0 Å². The lowest BCUT2D eigenvalue weighted by Crippen LogP contribution is -2.30. The van der Waals surface area contributed by atoms with Gasteiger partial charge in [-0.1, -0.05) is 13.5 Å². The van der Waals surface area contributed by atoms with Gasteiger partial charge < -0.3 is 5.32 Å². The zero-order valence-corrected chi connectivity index (χ0v) is 6.49. The molecule has 0 aromatic carbocycles. The SMILES string of the molecule is C=C1NC(C)(C)CC1C. The van der Waals surface area contributed by atoms with Crippen LogP contribution in [0.25, 0.3) is 0 Å². The van der Waals surface area contributed by atoms with Crippen LogP contribution in [-0.4, -0.2) is 5.54 Å². The average Bonchev–Trinajstić information content (AvgIpc) is 1.79. The predicted molar refractivity (Wildman–Crippen MR) is 40.1 cm³/mol. The van der Waals surface area contributed by atoms with E-state index in [-0.39, 0.29) is 5.54 Å². The highest BCUT2D eigenvalue weighted by Gasteiger charge is 2.29. The zero-order valence-electron chi connectivity index (χ0n) is 6.49. The number of hydrogen-bond acceptors (Lipinski definition) is 1. The molecule has 0 aliphatic carbocycles. The molecule has 1 heterocycles. The lowest BCUT2D eigenvalue weighted by Gasteiger charge is -2.17. The third kappa shape index (κ3) is 1.26. The normalized spacial score (nSPS) is 32.3. The molecule has 1 atom stereocenters. The molecule has 0 aromatic heterocycles. The molecule has 0 radical (unpaired) electrons. The van der Waals surface area contributed by atoms with Gasteiger partial charge in [0.25, 0.3) is 0 Å². The molecule has 0 amide bonds. The van der Waals surface area contributed by atoms with Gasteiger partial charge >= 0.3 is 0 Å². The van der Waals surface area contributed by atoms with Crippen LogP contribution < -0.4 is 5.32 Å². The first-order valence-corrected chi connectivity index (χ1v) is 3.48. The van der Waals surface area contributed by atoms with Crippen molar-refractivity contribution in [2.75, 3.05) is 0 Å². The number of hydrogen-bond donors (Lipinski definition) is 1. The molecule has 1 unspecified atom stereocenters. The molecule has 0 bridgehead atoms. The lowest BCUT2D eigenvalue weighted by molar-refractivity contribution is 0.450. The molecular weight excluding hydrogens is 110 g/mol. The summed E-state index contributed by atoms with van der Waals surface area (Å²) in [6.45, 7) is 10.6. The van der Waals surface area contributed by atoms with Crippen LogP contribution in [0.4, 0.5) is 0 Å². The summed E-state index contributed by atoms with van der Waals surface area (Å²) in [6, 6.07) is 0. The standard InChI is InChI=1S/C8H15N/c1-6-5-8(3,4)9-7(6)2/h6,9H,2,5H2,1,3-4H3. The van der Waals surface area contributed by atoms with Gasteiger partial charge in [-0.25, -0.2) is 0 Å². The van der Waals surface area contributed by atoms with E-state index in [0.29, 0.717) is 5.92 Å². The largest absolute Gasteiger partial charge is 0.384 e. The van der Waals surface area contributed by atoms with Crippen LogP contribution >= 0.6 is 0 Å². The highest BCUT2D eigenvalue weighted by Crippen LogP contribution is 2.28. The Morgan fingerprint density at radius 3 is 2.33 bits per heavy atom. The van der Waals surface area contributed by atoms with Gasteiger partial charge in [-0.15, -0.1) is 0 Å². The van der Waals surface area contributed by atoms with Gasteiger partial charge in [0.2, 0.25) is 0 Å². The van der Waals surface area contributed by atoms with Crippen molar-refractivity contribution >= 4 is 0 Å². The van der Waals surface area contributed by atoms with Gasteiger partial charge in [-0.05, 0) is 26.2 Å². The van der Waals surface area contributed by atoms with Gasteiger partial charge in [0.1, 0.15) is 0 Å². The molecule has 1 heteroatoms. The minimum Gasteiger partial charge on any atom is -0.384 e. The fraction of sp³-hybridized carbons (Fsp3) is 0.750. The van der Waals surface area contributed by atoms with E-state index >= 15 is 0 Å². The molecule has 9 heavy (non-hydrogen) atoms. The Morgan fingerprint density at radius 2 is 2.22 bits per heavy atom. The molecule has 52 valence electrons. The molecule has 1 nitrogen and oxygen atoms in total. The summed E-state index contributed by atoms with van der Waals surface area (Å²) < 4.78 is 0. The van der Waals surface area contributed by atoms with Crippen LogP contribution in [0.1, 0.15) is 27.2 Å². The summed E-state index contributed by atoms with van der Waals surface area (Å²) in [5.74, 6) is 0.653. The van der Waals surface area contributed by atoms with E-state index in [1.54, 1.807) is 0 Å². The summed E-state index contributed by atoms with van der Waals surface area (Å²) in [7, 11) is 0. The minimum absolute atomic E-state index is 0.288. The second-order valence-electron chi connectivity index (χ2n) is 3.64. The van der Waals surface area contributed by atoms with Crippen molar-refractivity contribution < 1.29 is 0 Å². The highest BCUT2D eigenvalue weighted by atomic mass is 15.0. The molecule has 1 aliphatic heterocycles. The molecule has 1 saturated heterocycles. The van der Waals surface area contributed by atoms with Crippen LogP contribution in [0.15, 0.2) is 12.3 Å². The van der Waals surface area contributed by atoms with Crippen molar-refractivity contribution in [2.24, 2.45) is 5.92 Å². The molecule has 1 aliphatic rings. The predicted octanol–water partition coefficient (Wildman–Crippen LogP) is 1.91. The van der Waals surface area contributed by atoms with Gasteiger partial charge in [0.05, 0.1) is 0 Å². The number of nitrogens with one attached hydrogen (secondary N) is 1. The van der Waals surface area contributed by atoms with Crippen molar-refractivity contribution in [3.63, 3.8) is 0 Å². The number of allylic oxidation sites excluding steroid dienone is 1. The van der Waals surface area contributed by atoms with Crippen molar-refractivity contribution in [3.8, 4) is 0 Å². The summed E-state index contributed by atoms with van der Waals surface area (Å²) in [4.78, 5) is 0. The van der Waals surface area contributed by atoms with Crippen LogP contribution in [0, 0.1) is 5.92 Å². The van der Waals surface area contributed by atoms with Crippen LogP contribution in [-0.2, 0) is 0 Å². The van der Waals surface area contributed by atoms with Crippen LogP contribution in [0.2, 0.25) is 0 Å². The fourth-order valence-corrected chi connectivity index (χ4v) is 1.50. The van der Waals surface area contributed by atoms with Gasteiger partial charge in [0.15, 0.2) is 0 Å². The maximum atomic E-state index is 3.92. The second kappa shape index (κ2) is 1.76. The van der Waals surface area contributed by atoms with E-state index in [4.69, 9.17) is 0 Å². The Morgan fingerprint density at radius 1 is 1.67 bits per heavy atom. The fourth-order valence-electron chi connectivity index (χ4n) is 1.50. The Hall–Kier alpha value is -0.460. The molecule has 0 saturated carbocycles. The Labute approximate surface area is 57.1 Å². The second-order valence-corrected chi connectivity index (χ2v) is 3.64. The Bertz CT molecular complexity index is 136. The lowest BCUT2D eigenvalue weighted by atomic mass is 9.98. The van der Waals surface area contributed by atoms with Crippen molar-refractivity contribution in [3.05, 3.63) is 12.3 Å². The molecule has 1 N–H and O–H groups in total. The molecule has 1 fully saturated rings. The zero-order chi connectivity index (χ0) is 7.07. The Balaban J connectivity index is 2.65. The summed E-state index contributed by atoms with van der Waals surface area (Å²) in [5, 5.41) is 3.35. The Kier molecular flexibility index (Phi) is 1.30. The van der Waals surface area contributed by atoms with Crippen molar-refractivity contribution in [1.29, 1.82) is 0 Å². The summed E-state index contributed by atoms with van der Waals surface area (Å²) >= 11 is 0. The highest BCUT2D eigenvalue weighted by molar-refractivity contribution is 5.09. The maximum absolute atomic E-state index is 3.92. The molecule has 0 spiro atoms. The number of rotatable bonds is 0. The quantitative estimate of drug-likeness (QED) is 0.521. The summed E-state index contributed by atoms with van der Waals surface area (Å²) in [5.41, 5.74) is 1.48. The van der Waals surface area contributed by atoms with E-state index in [2.05, 4.69) is 32.7 Å².